The minimum Gasteiger partial charge on any atom is -0.307 e. The van der Waals surface area contributed by atoms with Gasteiger partial charge in [-0.3, -0.25) is 4.57 Å². The molecule has 0 spiro atoms. The normalized spacial score (nSPS) is 13.6. The summed E-state index contributed by atoms with van der Waals surface area (Å²) in [5, 5.41) is 3.26. The van der Waals surface area contributed by atoms with Crippen molar-refractivity contribution in [1.82, 2.24) is 24.1 Å². The minimum absolute atomic E-state index is 0.0165. The highest BCUT2D eigenvalue weighted by Gasteiger charge is 2.24. The van der Waals surface area contributed by atoms with E-state index in [4.69, 9.17) is 17.7 Å². The van der Waals surface area contributed by atoms with Crippen LogP contribution in [-0.2, 0) is 0 Å². The largest absolute Gasteiger partial charge is 0.307 e. The third kappa shape index (κ3) is 4.91. The first-order valence-corrected chi connectivity index (χ1v) is 19.4. The van der Waals surface area contributed by atoms with Crippen molar-refractivity contribution in [2.24, 2.45) is 0 Å². The minimum atomic E-state index is -0.206. The van der Waals surface area contributed by atoms with Crippen molar-refractivity contribution in [1.29, 1.82) is 0 Å². The predicted molar refractivity (Wildman–Crippen MR) is 238 cm³/mol. The SMILES string of the molecule is [2H]c1cc([2H])c2c(c1)c1c([2H])c([2H])c3c4c([2H])c([2H])cc([2H])c4n(-c4cccc(-c5ccccc5)c4)c3c1n2-c1nc(-c2ccccc2)nc(-c2cccc3c2sc2ccccc23)n1. The number of fused-ring (bicyclic) bond motifs is 10. The quantitative estimate of drug-likeness (QED) is 0.176. The van der Waals surface area contributed by atoms with Gasteiger partial charge < -0.3 is 4.57 Å². The fraction of sp³-hybridized carbons (Fsp3) is 0. The first kappa shape index (κ1) is 25.6. The zero-order valence-corrected chi connectivity index (χ0v) is 30.8. The van der Waals surface area contributed by atoms with Crippen LogP contribution in [0.3, 0.4) is 0 Å². The van der Waals surface area contributed by atoms with E-state index in [1.807, 2.05) is 114 Å². The van der Waals surface area contributed by atoms with E-state index in [0.717, 1.165) is 42.4 Å². The summed E-state index contributed by atoms with van der Waals surface area (Å²) in [7, 11) is 0. The summed E-state index contributed by atoms with van der Waals surface area (Å²) in [6, 6.07) is 45.2. The predicted octanol–water partition coefficient (Wildman–Crippen LogP) is 13.4. The summed E-state index contributed by atoms with van der Waals surface area (Å²) in [5.74, 6) is 0.893. The molecule has 4 heterocycles. The molecule has 0 amide bonds. The van der Waals surface area contributed by atoms with Gasteiger partial charge in [0.1, 0.15) is 0 Å². The molecule has 57 heavy (non-hydrogen) atoms. The average molecular weight is 753 g/mol. The molecule has 0 unspecified atom stereocenters. The van der Waals surface area contributed by atoms with Crippen LogP contribution in [0.4, 0.5) is 0 Å². The molecule has 8 aromatic carbocycles. The highest BCUT2D eigenvalue weighted by atomic mass is 32.1. The van der Waals surface area contributed by atoms with Crippen LogP contribution in [0.15, 0.2) is 188 Å². The van der Waals surface area contributed by atoms with Crippen molar-refractivity contribution in [2.75, 3.05) is 0 Å². The maximum Gasteiger partial charge on any atom is 0.238 e. The summed E-state index contributed by atoms with van der Waals surface area (Å²) in [5.41, 5.74) is 5.32. The Morgan fingerprint density at radius 3 is 1.96 bits per heavy atom. The molecule has 12 aromatic rings. The molecule has 6 heteroatoms. The number of hydrogen-bond acceptors (Lipinski definition) is 4. The smallest absolute Gasteiger partial charge is 0.238 e. The second-order valence-electron chi connectivity index (χ2n) is 13.9. The van der Waals surface area contributed by atoms with Crippen molar-refractivity contribution in [3.05, 3.63) is 188 Å². The van der Waals surface area contributed by atoms with Gasteiger partial charge in [-0.2, -0.15) is 9.97 Å². The number of rotatable bonds is 5. The first-order valence-electron chi connectivity index (χ1n) is 22.0. The molecule has 0 radical (unpaired) electrons. The van der Waals surface area contributed by atoms with E-state index >= 15 is 0 Å². The highest BCUT2D eigenvalue weighted by Crippen LogP contribution is 2.43. The Hall–Kier alpha value is -7.41. The fourth-order valence-electron chi connectivity index (χ4n) is 8.11. The van der Waals surface area contributed by atoms with Crippen molar-refractivity contribution in [2.45, 2.75) is 0 Å². The van der Waals surface area contributed by atoms with Gasteiger partial charge in [0, 0.05) is 58.5 Å². The lowest BCUT2D eigenvalue weighted by molar-refractivity contribution is 0.954. The Kier molecular flexibility index (Phi) is 5.65. The van der Waals surface area contributed by atoms with E-state index in [1.165, 1.54) is 12.1 Å². The van der Waals surface area contributed by atoms with Crippen LogP contribution in [0.1, 0.15) is 9.60 Å². The molecule has 0 saturated carbocycles. The summed E-state index contributed by atoms with van der Waals surface area (Å²) in [6.07, 6.45) is 0. The molecule has 0 atom stereocenters. The first-order chi connectivity index (χ1) is 31.2. The maximum absolute atomic E-state index is 9.74. The van der Waals surface area contributed by atoms with Gasteiger partial charge in [0.2, 0.25) is 5.95 Å². The van der Waals surface area contributed by atoms with E-state index < -0.39 is 0 Å². The van der Waals surface area contributed by atoms with Gasteiger partial charge in [0.15, 0.2) is 11.6 Å². The van der Waals surface area contributed by atoms with Crippen molar-refractivity contribution >= 4 is 75.1 Å². The van der Waals surface area contributed by atoms with Gasteiger partial charge in [-0.15, -0.1) is 11.3 Å². The van der Waals surface area contributed by atoms with E-state index in [2.05, 4.69) is 18.2 Å². The van der Waals surface area contributed by atoms with Gasteiger partial charge in [0.05, 0.1) is 31.7 Å². The van der Waals surface area contributed by atoms with Gasteiger partial charge in [0.25, 0.3) is 0 Å². The van der Waals surface area contributed by atoms with Crippen LogP contribution in [0.5, 0.6) is 0 Å². The molecular formula is C51H31N5S. The van der Waals surface area contributed by atoms with Crippen LogP contribution in [0.2, 0.25) is 0 Å². The lowest BCUT2D eigenvalue weighted by Gasteiger charge is -2.14. The van der Waals surface area contributed by atoms with Gasteiger partial charge >= 0.3 is 0 Å². The van der Waals surface area contributed by atoms with E-state index in [0.29, 0.717) is 44.8 Å². The third-order valence-electron chi connectivity index (χ3n) is 10.6. The molecule has 0 saturated heterocycles. The number of para-hydroxylation sites is 2. The van der Waals surface area contributed by atoms with E-state index in [9.17, 15) is 6.85 Å². The number of benzene rings is 8. The van der Waals surface area contributed by atoms with Gasteiger partial charge in [-0.25, -0.2) is 4.98 Å². The van der Waals surface area contributed by atoms with Crippen LogP contribution in [0.25, 0.3) is 109 Å². The third-order valence-corrected chi connectivity index (χ3v) is 11.8. The van der Waals surface area contributed by atoms with Crippen LogP contribution >= 0.6 is 11.3 Å². The lowest BCUT2D eigenvalue weighted by Crippen LogP contribution is -2.07. The van der Waals surface area contributed by atoms with E-state index in [-0.39, 0.29) is 64.4 Å². The Labute approximate surface area is 341 Å². The summed E-state index contributed by atoms with van der Waals surface area (Å²) in [6.45, 7) is 0. The number of aromatic nitrogens is 5. The van der Waals surface area contributed by atoms with Crippen molar-refractivity contribution in [3.63, 3.8) is 0 Å². The molecule has 0 aliphatic heterocycles. The fourth-order valence-corrected chi connectivity index (χ4v) is 9.32. The van der Waals surface area contributed by atoms with E-state index in [1.54, 1.807) is 22.0 Å². The second-order valence-corrected chi connectivity index (χ2v) is 14.9. The molecule has 0 bridgehead atoms. The van der Waals surface area contributed by atoms with Crippen LogP contribution in [-0.4, -0.2) is 24.1 Å². The van der Waals surface area contributed by atoms with Crippen molar-refractivity contribution < 1.29 is 9.60 Å². The second kappa shape index (κ2) is 12.6. The molecule has 0 aliphatic rings. The maximum atomic E-state index is 9.74. The lowest BCUT2D eigenvalue weighted by atomic mass is 10.1. The van der Waals surface area contributed by atoms with Crippen molar-refractivity contribution in [3.8, 4) is 45.5 Å². The molecule has 266 valence electrons. The Morgan fingerprint density at radius 2 is 1.11 bits per heavy atom. The molecule has 0 fully saturated rings. The number of hydrogen-bond donors (Lipinski definition) is 0. The standard InChI is InChI=1S/C51H31N5S/c1-3-15-32(16-4-1)34-19-13-20-35(31-34)55-43-26-10-7-21-36(43)39-29-30-40-37-22-8-11-27-44(37)56(47(40)46(39)55)51-53-49(33-17-5-2-6-18-33)52-50(54-51)42-25-14-24-41-38-23-9-12-28-45(38)57-48(41)42/h1-31H/i7D,8D,21D,26D,27D,29D,30D. The summed E-state index contributed by atoms with van der Waals surface area (Å²) >= 11 is 1.65. The monoisotopic (exact) mass is 752 g/mol. The zero-order valence-electron chi connectivity index (χ0n) is 37.0. The number of nitrogens with zero attached hydrogens (tertiary/aromatic N) is 5. The van der Waals surface area contributed by atoms with Crippen LogP contribution in [0, 0.1) is 0 Å². The average Bonchev–Trinajstić information content (AvgIpc) is 4.00. The molecule has 4 aromatic heterocycles. The summed E-state index contributed by atoms with van der Waals surface area (Å²) in [4.78, 5) is 15.6. The molecule has 0 N–H and O–H groups in total. The zero-order chi connectivity index (χ0) is 43.5. The number of thiophene rings is 1. The van der Waals surface area contributed by atoms with Crippen LogP contribution < -0.4 is 0 Å². The molecule has 5 nitrogen and oxygen atoms in total. The Morgan fingerprint density at radius 1 is 0.439 bits per heavy atom. The molecule has 12 rings (SSSR count). The topological polar surface area (TPSA) is 48.5 Å². The van der Waals surface area contributed by atoms with Gasteiger partial charge in [-0.1, -0.05) is 152 Å². The summed E-state index contributed by atoms with van der Waals surface area (Å²) < 4.78 is 70.9. The molecule has 0 aliphatic carbocycles. The Bertz CT molecular complexity index is 3940. The van der Waals surface area contributed by atoms with Gasteiger partial charge in [-0.05, 0) is 47.5 Å². The highest BCUT2D eigenvalue weighted by molar-refractivity contribution is 7.26. The molecular weight excluding hydrogens is 715 g/mol. The Balaban J connectivity index is 1.30.